The molecule has 1 aliphatic rings. The lowest BCUT2D eigenvalue weighted by atomic mass is 9.84. The second-order valence-electron chi connectivity index (χ2n) is 12.0. The zero-order valence-electron chi connectivity index (χ0n) is 24.9. The minimum Gasteiger partial charge on any atom is -0.487 e. The molecule has 1 aromatic heterocycles. The topological polar surface area (TPSA) is 96.7 Å². The van der Waals surface area contributed by atoms with Crippen molar-refractivity contribution in [2.45, 2.75) is 71.6 Å². The number of imidazole rings is 1. The number of hydrogen-bond donors (Lipinski definition) is 2. The summed E-state index contributed by atoms with van der Waals surface area (Å²) in [4.78, 5) is 30.8. The molecule has 0 unspecified atom stereocenters. The Morgan fingerprint density at radius 2 is 1.78 bits per heavy atom. The first-order valence-corrected chi connectivity index (χ1v) is 14.9. The van der Waals surface area contributed by atoms with Crippen molar-refractivity contribution in [2.24, 2.45) is 18.4 Å². The van der Waals surface area contributed by atoms with E-state index in [1.807, 2.05) is 0 Å². The van der Waals surface area contributed by atoms with Gasteiger partial charge in [0.15, 0.2) is 0 Å². The third-order valence-corrected chi connectivity index (χ3v) is 8.53. The Bertz CT molecular complexity index is 1580. The summed E-state index contributed by atoms with van der Waals surface area (Å²) in [5, 5.41) is 12.9. The number of aryl methyl sites for hydroxylation is 1. The second kappa shape index (κ2) is 13.2. The number of ether oxygens (including phenoxy) is 1. The lowest BCUT2D eigenvalue weighted by Crippen LogP contribution is -2.39. The molecule has 2 aromatic carbocycles. The molecule has 2 N–H and O–H groups in total. The van der Waals surface area contributed by atoms with Gasteiger partial charge in [0.2, 0.25) is 11.9 Å². The van der Waals surface area contributed by atoms with E-state index in [2.05, 4.69) is 10.3 Å². The van der Waals surface area contributed by atoms with E-state index >= 15 is 0 Å². The van der Waals surface area contributed by atoms with Gasteiger partial charge in [0.25, 0.3) is 6.43 Å². The van der Waals surface area contributed by atoms with Crippen molar-refractivity contribution < 1.29 is 41.4 Å². The van der Waals surface area contributed by atoms with Crippen LogP contribution in [0, 0.1) is 11.3 Å². The molecule has 0 radical (unpaired) electrons. The quantitative estimate of drug-likeness (QED) is 0.222. The van der Waals surface area contributed by atoms with Crippen LogP contribution in [0.2, 0.25) is 10.0 Å². The highest BCUT2D eigenvalue weighted by Gasteiger charge is 2.43. The number of anilines is 2. The largest absolute Gasteiger partial charge is 0.487 e. The number of carboxylic acid groups (broad SMARTS) is 1. The highest BCUT2D eigenvalue weighted by molar-refractivity contribution is 6.40. The maximum Gasteiger partial charge on any atom is 0.391 e. The number of nitrogens with zero attached hydrogens (tertiary/aromatic N) is 3. The molecule has 0 bridgehead atoms. The Morgan fingerprint density at radius 3 is 2.33 bits per heavy atom. The fraction of sp³-hybridized carbons (Fsp3) is 0.500. The molecule has 4 rings (SSSR count). The molecule has 0 saturated heterocycles. The summed E-state index contributed by atoms with van der Waals surface area (Å²) in [5.74, 6) is -3.25. The molecule has 1 heterocycles. The van der Waals surface area contributed by atoms with Crippen LogP contribution in [0.15, 0.2) is 24.3 Å². The van der Waals surface area contributed by atoms with Gasteiger partial charge in [-0.25, -0.2) is 18.6 Å². The number of aromatic nitrogens is 2. The highest BCUT2D eigenvalue weighted by Crippen LogP contribution is 2.46. The summed E-state index contributed by atoms with van der Waals surface area (Å²) in [6.45, 7) is 4.27. The average molecular weight is 680 g/mol. The minimum absolute atomic E-state index is 0.0448. The fourth-order valence-electron chi connectivity index (χ4n) is 5.35. The van der Waals surface area contributed by atoms with Crippen LogP contribution >= 0.6 is 23.2 Å². The van der Waals surface area contributed by atoms with Crippen LogP contribution in [0.1, 0.15) is 62.4 Å². The number of nitrogens with one attached hydrogen (secondary N) is 1. The van der Waals surface area contributed by atoms with Crippen LogP contribution < -0.4 is 15.0 Å². The highest BCUT2D eigenvalue weighted by atomic mass is 35.5. The number of hydrogen-bond acceptors (Lipinski definition) is 5. The van der Waals surface area contributed by atoms with Crippen molar-refractivity contribution in [1.29, 1.82) is 0 Å². The van der Waals surface area contributed by atoms with Gasteiger partial charge in [0, 0.05) is 31.1 Å². The van der Waals surface area contributed by atoms with Crippen LogP contribution in [0.4, 0.5) is 33.6 Å². The molecule has 8 nitrogen and oxygen atoms in total. The van der Waals surface area contributed by atoms with Crippen molar-refractivity contribution in [3.63, 3.8) is 0 Å². The molecule has 1 fully saturated rings. The number of rotatable bonds is 9. The molecule has 0 atom stereocenters. The van der Waals surface area contributed by atoms with E-state index in [1.54, 1.807) is 49.4 Å². The summed E-state index contributed by atoms with van der Waals surface area (Å²) < 4.78 is 73.2. The van der Waals surface area contributed by atoms with Crippen molar-refractivity contribution in [2.75, 3.05) is 11.5 Å². The number of alkyl halides is 5. The molecular formula is C30H33Cl2F5N4O4. The first kappa shape index (κ1) is 34.6. The molecule has 1 aliphatic carbocycles. The Kier molecular flexibility index (Phi) is 10.1. The maximum atomic E-state index is 13.6. The van der Waals surface area contributed by atoms with E-state index in [1.165, 1.54) is 12.1 Å². The van der Waals surface area contributed by atoms with Gasteiger partial charge < -0.3 is 24.6 Å². The van der Waals surface area contributed by atoms with Crippen molar-refractivity contribution in [3.8, 4) is 5.75 Å². The summed E-state index contributed by atoms with van der Waals surface area (Å²) in [6, 6.07) is 5.11. The number of fused-ring (bicyclic) bond motifs is 1. The Labute approximate surface area is 266 Å². The van der Waals surface area contributed by atoms with Crippen LogP contribution in [0.5, 0.6) is 5.75 Å². The molecule has 246 valence electrons. The smallest absolute Gasteiger partial charge is 0.391 e. The average Bonchev–Trinajstić information content (AvgIpc) is 3.26. The molecular weight excluding hydrogens is 646 g/mol. The molecule has 1 amide bonds. The second-order valence-corrected chi connectivity index (χ2v) is 12.8. The lowest BCUT2D eigenvalue weighted by Gasteiger charge is -2.39. The maximum absolute atomic E-state index is 13.6. The summed E-state index contributed by atoms with van der Waals surface area (Å²) in [6.07, 6.45) is -7.30. The number of aromatic carboxylic acids is 1. The van der Waals surface area contributed by atoms with Crippen molar-refractivity contribution >= 4 is 57.7 Å². The third-order valence-electron chi connectivity index (χ3n) is 7.80. The van der Waals surface area contributed by atoms with E-state index in [4.69, 9.17) is 27.9 Å². The Morgan fingerprint density at radius 1 is 1.13 bits per heavy atom. The van der Waals surface area contributed by atoms with Gasteiger partial charge in [-0.05, 0) is 43.4 Å². The van der Waals surface area contributed by atoms with Crippen LogP contribution in [-0.2, 0) is 18.4 Å². The predicted molar refractivity (Wildman–Crippen MR) is 161 cm³/mol. The van der Waals surface area contributed by atoms with Gasteiger partial charge >= 0.3 is 12.1 Å². The van der Waals surface area contributed by atoms with Crippen LogP contribution in [-0.4, -0.2) is 51.8 Å². The van der Waals surface area contributed by atoms with Gasteiger partial charge in [0.05, 0.1) is 32.7 Å². The third kappa shape index (κ3) is 7.57. The van der Waals surface area contributed by atoms with Gasteiger partial charge in [-0.3, -0.25) is 4.79 Å². The number of benzene rings is 2. The van der Waals surface area contributed by atoms with Crippen LogP contribution in [0.3, 0.4) is 0 Å². The summed E-state index contributed by atoms with van der Waals surface area (Å²) >= 11 is 13.6. The van der Waals surface area contributed by atoms with Crippen molar-refractivity contribution in [1.82, 2.24) is 14.9 Å². The van der Waals surface area contributed by atoms with Crippen molar-refractivity contribution in [3.05, 3.63) is 45.4 Å². The molecule has 1 saturated carbocycles. The standard InChI is InChI=1S/C30H33Cl2F5N4O4/c1-29(2,3)27(44)38-13-15-5-10-19(31)25(24(15)32)41(17-8-6-16(7-9-17)30(35,36)37)28-39-20-11-18(26(42)43)22(45-14-23(33)34)12-21(20)40(28)4/h5,10-12,16-17,23H,6-9,13-14H2,1-4H3,(H,38,44)(H,42,43). The SMILES string of the molecule is Cn1c(N(c2c(Cl)ccc(CNC(=O)C(C)(C)C)c2Cl)C2CCC(C(F)(F)F)CC2)nc2cc(C(=O)O)c(OCC(F)F)cc21. The first-order chi connectivity index (χ1) is 20.9. The molecule has 15 heteroatoms. The lowest BCUT2D eigenvalue weighted by molar-refractivity contribution is -0.182. The van der Waals surface area contributed by atoms with E-state index in [-0.39, 0.29) is 71.1 Å². The Hall–Kier alpha value is -3.32. The van der Waals surface area contributed by atoms with E-state index in [0.29, 0.717) is 11.1 Å². The summed E-state index contributed by atoms with van der Waals surface area (Å²) in [7, 11) is 1.59. The zero-order chi connectivity index (χ0) is 33.4. The van der Waals surface area contributed by atoms with E-state index in [0.717, 1.165) is 0 Å². The minimum atomic E-state index is -4.35. The monoisotopic (exact) mass is 678 g/mol. The number of carbonyl (C=O) groups excluding carboxylic acids is 1. The normalized spacial score (nSPS) is 17.5. The van der Waals surface area contributed by atoms with E-state index < -0.39 is 48.1 Å². The van der Waals surface area contributed by atoms with Gasteiger partial charge in [-0.1, -0.05) is 50.0 Å². The molecule has 0 spiro atoms. The zero-order valence-corrected chi connectivity index (χ0v) is 26.5. The van der Waals surface area contributed by atoms with Gasteiger partial charge in [-0.15, -0.1) is 0 Å². The van der Waals surface area contributed by atoms with E-state index in [9.17, 15) is 36.6 Å². The Balaban J connectivity index is 1.86. The molecule has 0 aliphatic heterocycles. The van der Waals surface area contributed by atoms with Gasteiger partial charge in [-0.2, -0.15) is 13.2 Å². The summed E-state index contributed by atoms with van der Waals surface area (Å²) in [5.41, 5.74) is 0.167. The molecule has 3 aromatic rings. The number of halogens is 7. The van der Waals surface area contributed by atoms with Crippen LogP contribution in [0.25, 0.3) is 11.0 Å². The molecule has 45 heavy (non-hydrogen) atoms. The number of carboxylic acids is 1. The predicted octanol–water partition coefficient (Wildman–Crippen LogP) is 8.14. The first-order valence-electron chi connectivity index (χ1n) is 14.2. The number of amides is 1. The number of carbonyl (C=O) groups is 2. The van der Waals surface area contributed by atoms with Gasteiger partial charge in [0.1, 0.15) is 17.9 Å². The fourth-order valence-corrected chi connectivity index (χ4v) is 5.97.